The van der Waals surface area contributed by atoms with E-state index in [1.165, 1.54) is 6.07 Å². The van der Waals surface area contributed by atoms with Crippen LogP contribution in [-0.2, 0) is 0 Å². The molecule has 0 N–H and O–H groups in total. The lowest BCUT2D eigenvalue weighted by Gasteiger charge is -2.23. The van der Waals surface area contributed by atoms with Crippen LogP contribution in [0.25, 0.3) is 0 Å². The van der Waals surface area contributed by atoms with Gasteiger partial charge in [0.1, 0.15) is 6.54 Å². The quantitative estimate of drug-likeness (QED) is 0.772. The molecule has 0 fully saturated rings. The van der Waals surface area contributed by atoms with Crippen LogP contribution in [0, 0.1) is 6.92 Å². The molecule has 1 aromatic rings. The zero-order chi connectivity index (χ0) is 12.2. The van der Waals surface area contributed by atoms with Gasteiger partial charge in [-0.1, -0.05) is 0 Å². The lowest BCUT2D eigenvalue weighted by atomic mass is 10.4. The van der Waals surface area contributed by atoms with E-state index >= 15 is 0 Å². The molecule has 0 atom stereocenters. The van der Waals surface area contributed by atoms with Crippen LogP contribution in [0.4, 0.5) is 19.0 Å². The fraction of sp³-hybridized carbons (Fsp3) is 0.556. The molecular formula is C9H11ClF3N3. The summed E-state index contributed by atoms with van der Waals surface area (Å²) in [5.41, 5.74) is 0.654. The number of rotatable bonds is 4. The Hall–Kier alpha value is -1.04. The predicted molar refractivity (Wildman–Crippen MR) is 55.8 cm³/mol. The second kappa shape index (κ2) is 5.34. The molecule has 3 nitrogen and oxygen atoms in total. The maximum atomic E-state index is 12.3. The molecule has 0 aromatic carbocycles. The lowest BCUT2D eigenvalue weighted by Crippen LogP contribution is -2.36. The first kappa shape index (κ1) is 13.0. The van der Waals surface area contributed by atoms with Crippen molar-refractivity contribution in [1.82, 2.24) is 10.2 Å². The first-order chi connectivity index (χ1) is 7.42. The third-order valence-electron chi connectivity index (χ3n) is 1.83. The molecule has 16 heavy (non-hydrogen) atoms. The molecule has 0 unspecified atom stereocenters. The van der Waals surface area contributed by atoms with Crippen molar-refractivity contribution in [3.05, 3.63) is 17.8 Å². The van der Waals surface area contributed by atoms with Crippen molar-refractivity contribution in [3.8, 4) is 0 Å². The van der Waals surface area contributed by atoms with Crippen LogP contribution < -0.4 is 4.90 Å². The van der Waals surface area contributed by atoms with Gasteiger partial charge in [0.05, 0.1) is 5.69 Å². The van der Waals surface area contributed by atoms with Gasteiger partial charge in [-0.15, -0.1) is 16.7 Å². The van der Waals surface area contributed by atoms with Crippen molar-refractivity contribution >= 4 is 17.4 Å². The van der Waals surface area contributed by atoms with Crippen LogP contribution in [0.5, 0.6) is 0 Å². The highest BCUT2D eigenvalue weighted by molar-refractivity contribution is 6.18. The van der Waals surface area contributed by atoms with Gasteiger partial charge in [-0.3, -0.25) is 0 Å². The molecule has 7 heteroatoms. The van der Waals surface area contributed by atoms with Gasteiger partial charge in [0.15, 0.2) is 5.82 Å². The van der Waals surface area contributed by atoms with Gasteiger partial charge in [0.2, 0.25) is 0 Å². The molecule has 0 amide bonds. The number of nitrogens with zero attached hydrogens (tertiary/aromatic N) is 3. The molecule has 0 saturated heterocycles. The van der Waals surface area contributed by atoms with Crippen molar-refractivity contribution in [2.24, 2.45) is 0 Å². The summed E-state index contributed by atoms with van der Waals surface area (Å²) in [5, 5.41) is 7.41. The number of aryl methyl sites for hydroxylation is 1. The van der Waals surface area contributed by atoms with Crippen LogP contribution in [0.15, 0.2) is 12.1 Å². The molecule has 1 heterocycles. The Morgan fingerprint density at radius 1 is 1.31 bits per heavy atom. The minimum Gasteiger partial charge on any atom is -0.345 e. The van der Waals surface area contributed by atoms with Gasteiger partial charge in [-0.25, -0.2) is 0 Å². The van der Waals surface area contributed by atoms with E-state index in [9.17, 15) is 13.2 Å². The summed E-state index contributed by atoms with van der Waals surface area (Å²) >= 11 is 5.45. The van der Waals surface area contributed by atoms with Gasteiger partial charge in [-0.05, 0) is 19.1 Å². The van der Waals surface area contributed by atoms with E-state index in [1.807, 2.05) is 0 Å². The fourth-order valence-corrected chi connectivity index (χ4v) is 1.36. The van der Waals surface area contributed by atoms with Crippen molar-refractivity contribution < 1.29 is 13.2 Å². The third-order valence-corrected chi connectivity index (χ3v) is 2.00. The maximum Gasteiger partial charge on any atom is 0.405 e. The Balaban J connectivity index is 2.80. The predicted octanol–water partition coefficient (Wildman–Crippen LogP) is 2.39. The average molecular weight is 254 g/mol. The van der Waals surface area contributed by atoms with E-state index in [-0.39, 0.29) is 18.2 Å². The summed E-state index contributed by atoms with van der Waals surface area (Å²) in [4.78, 5) is 1.06. The van der Waals surface area contributed by atoms with E-state index in [1.54, 1.807) is 13.0 Å². The molecular weight excluding hydrogens is 243 g/mol. The maximum absolute atomic E-state index is 12.3. The van der Waals surface area contributed by atoms with Gasteiger partial charge in [-0.2, -0.15) is 18.3 Å². The Labute approximate surface area is 96.2 Å². The number of hydrogen-bond donors (Lipinski definition) is 0. The molecule has 0 aliphatic carbocycles. The summed E-state index contributed by atoms with van der Waals surface area (Å²) in [6.07, 6.45) is -4.28. The summed E-state index contributed by atoms with van der Waals surface area (Å²) < 4.78 is 36.8. The van der Waals surface area contributed by atoms with Crippen molar-refractivity contribution in [2.75, 3.05) is 23.9 Å². The van der Waals surface area contributed by atoms with Crippen molar-refractivity contribution in [2.45, 2.75) is 13.1 Å². The van der Waals surface area contributed by atoms with E-state index in [2.05, 4.69) is 10.2 Å². The number of aromatic nitrogens is 2. The van der Waals surface area contributed by atoms with Crippen molar-refractivity contribution in [3.63, 3.8) is 0 Å². The highest BCUT2D eigenvalue weighted by Crippen LogP contribution is 2.20. The van der Waals surface area contributed by atoms with Crippen LogP contribution in [-0.4, -0.2) is 35.3 Å². The molecule has 90 valence electrons. The summed E-state index contributed by atoms with van der Waals surface area (Å²) in [6, 6.07) is 3.11. The number of hydrogen-bond acceptors (Lipinski definition) is 3. The van der Waals surface area contributed by atoms with Gasteiger partial charge >= 0.3 is 6.18 Å². The second-order valence-electron chi connectivity index (χ2n) is 3.26. The Morgan fingerprint density at radius 3 is 2.44 bits per heavy atom. The van der Waals surface area contributed by atoms with Gasteiger partial charge in [0, 0.05) is 12.4 Å². The third kappa shape index (κ3) is 4.22. The van der Waals surface area contributed by atoms with E-state index in [0.29, 0.717) is 5.69 Å². The highest BCUT2D eigenvalue weighted by Gasteiger charge is 2.31. The topological polar surface area (TPSA) is 29.0 Å². The van der Waals surface area contributed by atoms with E-state index in [4.69, 9.17) is 11.6 Å². The first-order valence-electron chi connectivity index (χ1n) is 4.60. The molecule has 0 bridgehead atoms. The Bertz CT molecular complexity index is 326. The van der Waals surface area contributed by atoms with Crippen LogP contribution in [0.3, 0.4) is 0 Å². The van der Waals surface area contributed by atoms with Crippen LogP contribution in [0.1, 0.15) is 5.69 Å². The smallest absolute Gasteiger partial charge is 0.345 e. The SMILES string of the molecule is Cc1ccc(N(CCCl)CC(F)(F)F)nn1. The Morgan fingerprint density at radius 2 is 2.00 bits per heavy atom. The average Bonchev–Trinajstić information content (AvgIpc) is 2.16. The molecule has 0 aliphatic heterocycles. The molecule has 1 rings (SSSR count). The number of anilines is 1. The molecule has 0 aliphatic rings. The monoisotopic (exact) mass is 253 g/mol. The fourth-order valence-electron chi connectivity index (χ4n) is 1.15. The summed E-state index contributed by atoms with van der Waals surface area (Å²) in [7, 11) is 0. The number of alkyl halides is 4. The first-order valence-corrected chi connectivity index (χ1v) is 5.14. The van der Waals surface area contributed by atoms with Gasteiger partial charge in [0.25, 0.3) is 0 Å². The largest absolute Gasteiger partial charge is 0.405 e. The van der Waals surface area contributed by atoms with Crippen LogP contribution >= 0.6 is 11.6 Å². The summed E-state index contributed by atoms with van der Waals surface area (Å²) in [5.74, 6) is 0.287. The minimum absolute atomic E-state index is 0.0821. The zero-order valence-electron chi connectivity index (χ0n) is 8.63. The number of halogens is 4. The van der Waals surface area contributed by atoms with Crippen molar-refractivity contribution in [1.29, 1.82) is 0 Å². The standard InChI is InChI=1S/C9H11ClF3N3/c1-7-2-3-8(15-14-7)16(5-4-10)6-9(11,12)13/h2-3H,4-6H2,1H3. The molecule has 0 spiro atoms. The molecule has 0 saturated carbocycles. The summed E-state index contributed by atoms with van der Waals surface area (Å²) in [6.45, 7) is 0.725. The minimum atomic E-state index is -4.28. The van der Waals surface area contributed by atoms with E-state index in [0.717, 1.165) is 4.90 Å². The molecule has 0 radical (unpaired) electrons. The second-order valence-corrected chi connectivity index (χ2v) is 3.64. The zero-order valence-corrected chi connectivity index (χ0v) is 9.39. The molecule has 1 aromatic heterocycles. The van der Waals surface area contributed by atoms with Gasteiger partial charge < -0.3 is 4.90 Å². The Kier molecular flexibility index (Phi) is 4.35. The van der Waals surface area contributed by atoms with E-state index < -0.39 is 12.7 Å². The normalized spacial score (nSPS) is 11.6. The highest BCUT2D eigenvalue weighted by atomic mass is 35.5. The lowest BCUT2D eigenvalue weighted by molar-refractivity contribution is -0.119. The van der Waals surface area contributed by atoms with Crippen LogP contribution in [0.2, 0.25) is 0 Å².